The third-order valence-electron chi connectivity index (χ3n) is 4.50. The summed E-state index contributed by atoms with van der Waals surface area (Å²) in [5.74, 6) is 1.67. The minimum atomic E-state index is 0.132. The molecule has 2 aromatic heterocycles. The SMILES string of the molecule is Cn1ccnc1CN1CCOc2c(O)cc(-c3ccc(Cl)cn3)cc2C1. The van der Waals surface area contributed by atoms with Crippen molar-refractivity contribution in [1.82, 2.24) is 19.4 Å². The molecule has 6 nitrogen and oxygen atoms in total. The summed E-state index contributed by atoms with van der Waals surface area (Å²) in [6, 6.07) is 7.33. The van der Waals surface area contributed by atoms with E-state index >= 15 is 0 Å². The minimum Gasteiger partial charge on any atom is -0.504 e. The van der Waals surface area contributed by atoms with Crippen molar-refractivity contribution in [2.45, 2.75) is 13.1 Å². The van der Waals surface area contributed by atoms with Gasteiger partial charge in [-0.3, -0.25) is 9.88 Å². The van der Waals surface area contributed by atoms with Crippen LogP contribution in [0.1, 0.15) is 11.4 Å². The first-order valence-electron chi connectivity index (χ1n) is 8.39. The molecular weight excluding hydrogens is 352 g/mol. The molecule has 0 atom stereocenters. The number of fused-ring (bicyclic) bond motifs is 1. The number of hydrogen-bond donors (Lipinski definition) is 1. The Hall–Kier alpha value is -2.57. The summed E-state index contributed by atoms with van der Waals surface area (Å²) in [7, 11) is 1.99. The molecule has 1 N–H and O–H groups in total. The number of aromatic nitrogens is 3. The highest BCUT2D eigenvalue weighted by molar-refractivity contribution is 6.30. The molecule has 0 spiro atoms. The van der Waals surface area contributed by atoms with E-state index in [1.165, 1.54) is 0 Å². The predicted molar refractivity (Wildman–Crippen MR) is 99.2 cm³/mol. The van der Waals surface area contributed by atoms with E-state index in [1.807, 2.05) is 29.9 Å². The van der Waals surface area contributed by atoms with E-state index in [1.54, 1.807) is 24.5 Å². The van der Waals surface area contributed by atoms with E-state index in [2.05, 4.69) is 14.9 Å². The maximum Gasteiger partial charge on any atom is 0.165 e. The van der Waals surface area contributed by atoms with Crippen molar-refractivity contribution >= 4 is 11.6 Å². The highest BCUT2D eigenvalue weighted by Gasteiger charge is 2.21. The topological polar surface area (TPSA) is 63.4 Å². The number of phenols is 1. The van der Waals surface area contributed by atoms with E-state index < -0.39 is 0 Å². The Morgan fingerprint density at radius 2 is 2.15 bits per heavy atom. The van der Waals surface area contributed by atoms with Gasteiger partial charge in [-0.1, -0.05) is 11.6 Å². The number of rotatable bonds is 3. The van der Waals surface area contributed by atoms with Gasteiger partial charge in [0.05, 0.1) is 17.3 Å². The van der Waals surface area contributed by atoms with Crippen LogP contribution in [0.5, 0.6) is 11.5 Å². The molecule has 4 rings (SSSR count). The average Bonchev–Trinajstić information content (AvgIpc) is 2.90. The van der Waals surface area contributed by atoms with Crippen LogP contribution < -0.4 is 4.74 Å². The van der Waals surface area contributed by atoms with Gasteiger partial charge >= 0.3 is 0 Å². The molecule has 1 aliphatic rings. The molecule has 0 bridgehead atoms. The molecule has 0 unspecified atom stereocenters. The Bertz CT molecular complexity index is 924. The monoisotopic (exact) mass is 370 g/mol. The number of phenolic OH excluding ortho intramolecular Hbond substituents is 1. The summed E-state index contributed by atoms with van der Waals surface area (Å²) in [5, 5.41) is 11.0. The lowest BCUT2D eigenvalue weighted by Gasteiger charge is -2.19. The highest BCUT2D eigenvalue weighted by Crippen LogP contribution is 2.37. The molecule has 3 aromatic rings. The third-order valence-corrected chi connectivity index (χ3v) is 4.73. The smallest absolute Gasteiger partial charge is 0.165 e. The fourth-order valence-corrected chi connectivity index (χ4v) is 3.24. The molecule has 7 heteroatoms. The molecule has 0 amide bonds. The van der Waals surface area contributed by atoms with Crippen molar-refractivity contribution in [3.8, 4) is 22.8 Å². The van der Waals surface area contributed by atoms with Crippen molar-refractivity contribution in [3.63, 3.8) is 0 Å². The summed E-state index contributed by atoms with van der Waals surface area (Å²) in [6.45, 7) is 2.66. The standard InChI is InChI=1S/C19H19ClN4O2/c1-23-5-4-21-18(23)12-24-6-7-26-19-14(11-24)8-13(9-17(19)25)16-3-2-15(20)10-22-16/h2-5,8-10,25H,6-7,11-12H2,1H3. The van der Waals surface area contributed by atoms with Gasteiger partial charge in [0.2, 0.25) is 0 Å². The first-order valence-corrected chi connectivity index (χ1v) is 8.77. The van der Waals surface area contributed by atoms with Crippen molar-refractivity contribution in [3.05, 3.63) is 59.3 Å². The van der Waals surface area contributed by atoms with Gasteiger partial charge in [0, 0.05) is 49.9 Å². The molecule has 134 valence electrons. The Kier molecular flexibility index (Phi) is 4.53. The van der Waals surface area contributed by atoms with E-state index in [9.17, 15) is 5.11 Å². The molecule has 0 fully saturated rings. The van der Waals surface area contributed by atoms with Crippen LogP contribution in [0, 0.1) is 0 Å². The van der Waals surface area contributed by atoms with Crippen LogP contribution in [-0.2, 0) is 20.1 Å². The first-order chi connectivity index (χ1) is 12.6. The number of hydrogen-bond acceptors (Lipinski definition) is 5. The minimum absolute atomic E-state index is 0.132. The van der Waals surface area contributed by atoms with Gasteiger partial charge in [0.15, 0.2) is 11.5 Å². The van der Waals surface area contributed by atoms with Crippen LogP contribution in [0.15, 0.2) is 42.9 Å². The number of pyridine rings is 1. The molecular formula is C19H19ClN4O2. The Morgan fingerprint density at radius 3 is 2.88 bits per heavy atom. The molecule has 0 aliphatic carbocycles. The zero-order valence-electron chi connectivity index (χ0n) is 14.4. The lowest BCUT2D eigenvalue weighted by molar-refractivity contribution is 0.212. The van der Waals surface area contributed by atoms with Crippen molar-refractivity contribution in [1.29, 1.82) is 0 Å². The van der Waals surface area contributed by atoms with Crippen LogP contribution in [0.25, 0.3) is 11.3 Å². The zero-order valence-corrected chi connectivity index (χ0v) is 15.1. The van der Waals surface area contributed by atoms with Gasteiger partial charge in [-0.2, -0.15) is 0 Å². The van der Waals surface area contributed by atoms with E-state index in [4.69, 9.17) is 16.3 Å². The maximum atomic E-state index is 10.5. The second kappa shape index (κ2) is 6.97. The van der Waals surface area contributed by atoms with Crippen LogP contribution in [0.3, 0.4) is 0 Å². The van der Waals surface area contributed by atoms with Crippen molar-refractivity contribution < 1.29 is 9.84 Å². The summed E-state index contributed by atoms with van der Waals surface area (Å²) < 4.78 is 7.82. The number of aromatic hydroxyl groups is 1. The van der Waals surface area contributed by atoms with Gasteiger partial charge in [0.1, 0.15) is 12.4 Å². The number of aryl methyl sites for hydroxylation is 1. The second-order valence-corrected chi connectivity index (χ2v) is 6.80. The number of halogens is 1. The number of benzene rings is 1. The normalized spacial score (nSPS) is 14.5. The average molecular weight is 371 g/mol. The Balaban J connectivity index is 1.65. The van der Waals surface area contributed by atoms with Gasteiger partial charge in [-0.15, -0.1) is 0 Å². The van der Waals surface area contributed by atoms with Crippen LogP contribution in [-0.4, -0.2) is 37.7 Å². The molecule has 0 saturated carbocycles. The van der Waals surface area contributed by atoms with Crippen LogP contribution in [0.2, 0.25) is 5.02 Å². The van der Waals surface area contributed by atoms with E-state index in [0.717, 1.165) is 35.7 Å². The lowest BCUT2D eigenvalue weighted by Crippen LogP contribution is -2.26. The lowest BCUT2D eigenvalue weighted by atomic mass is 10.0. The summed E-state index contributed by atoms with van der Waals surface area (Å²) in [6.07, 6.45) is 5.34. The summed E-state index contributed by atoms with van der Waals surface area (Å²) >= 11 is 5.92. The Morgan fingerprint density at radius 1 is 1.27 bits per heavy atom. The van der Waals surface area contributed by atoms with Gasteiger partial charge in [-0.25, -0.2) is 4.98 Å². The predicted octanol–water partition coefficient (Wildman–Crippen LogP) is 3.24. The maximum absolute atomic E-state index is 10.5. The number of nitrogens with zero attached hydrogens (tertiary/aromatic N) is 4. The van der Waals surface area contributed by atoms with Crippen molar-refractivity contribution in [2.75, 3.05) is 13.2 Å². The van der Waals surface area contributed by atoms with Crippen LogP contribution in [0.4, 0.5) is 0 Å². The van der Waals surface area contributed by atoms with E-state index in [-0.39, 0.29) is 5.75 Å². The quantitative estimate of drug-likeness (QED) is 0.766. The molecule has 0 saturated heterocycles. The fraction of sp³-hybridized carbons (Fsp3) is 0.263. The van der Waals surface area contributed by atoms with Gasteiger partial charge in [-0.05, 0) is 24.3 Å². The Labute approximate surface area is 156 Å². The zero-order chi connectivity index (χ0) is 18.1. The second-order valence-electron chi connectivity index (χ2n) is 6.36. The van der Waals surface area contributed by atoms with Gasteiger partial charge in [0.25, 0.3) is 0 Å². The molecule has 1 aliphatic heterocycles. The third kappa shape index (κ3) is 3.38. The van der Waals surface area contributed by atoms with Crippen LogP contribution >= 0.6 is 11.6 Å². The van der Waals surface area contributed by atoms with Crippen molar-refractivity contribution in [2.24, 2.45) is 7.05 Å². The molecule has 1 aromatic carbocycles. The van der Waals surface area contributed by atoms with E-state index in [0.29, 0.717) is 23.9 Å². The largest absolute Gasteiger partial charge is 0.504 e. The number of imidazole rings is 1. The highest BCUT2D eigenvalue weighted by atomic mass is 35.5. The first kappa shape index (κ1) is 16.9. The molecule has 26 heavy (non-hydrogen) atoms. The summed E-state index contributed by atoms with van der Waals surface area (Å²) in [5.41, 5.74) is 2.52. The molecule has 0 radical (unpaired) electrons. The fourth-order valence-electron chi connectivity index (χ4n) is 3.13. The number of ether oxygens (including phenoxy) is 1. The molecule has 3 heterocycles. The van der Waals surface area contributed by atoms with Gasteiger partial charge < -0.3 is 14.4 Å². The summed E-state index contributed by atoms with van der Waals surface area (Å²) in [4.78, 5) is 11.0.